The molecule has 4 aliphatic carbocycles. The molecular weight excluding hydrogens is 466 g/mol. The van der Waals surface area contributed by atoms with E-state index in [4.69, 9.17) is 8.37 Å². The predicted octanol–water partition coefficient (Wildman–Crippen LogP) is -3.35. The monoisotopic (exact) mass is 494 g/mol. The van der Waals surface area contributed by atoms with Crippen molar-refractivity contribution in [3.8, 4) is 0 Å². The molecule has 0 aromatic carbocycles. The van der Waals surface area contributed by atoms with Gasteiger partial charge in [0, 0.05) is 0 Å². The minimum atomic E-state index is -4.73. The Labute approximate surface area is 229 Å². The third-order valence-corrected chi connectivity index (χ3v) is 9.41. The number of allylic oxidation sites excluding steroid dienone is 1. The van der Waals surface area contributed by atoms with Crippen LogP contribution < -0.4 is 59.1 Å². The number of rotatable bonds is 4. The summed E-state index contributed by atoms with van der Waals surface area (Å²) in [6.07, 6.45) is 6.76. The van der Waals surface area contributed by atoms with Crippen LogP contribution in [0.15, 0.2) is 11.6 Å². The molecule has 4 aliphatic rings. The zero-order chi connectivity index (χ0) is 21.2. The summed E-state index contributed by atoms with van der Waals surface area (Å²) < 4.78 is 76.1. The molecule has 0 bridgehead atoms. The zero-order valence-electron chi connectivity index (χ0n) is 18.7. The van der Waals surface area contributed by atoms with Crippen LogP contribution in [0.4, 0.5) is 0 Å². The molecule has 0 saturated heterocycles. The molecule has 0 amide bonds. The van der Waals surface area contributed by atoms with E-state index in [-0.39, 0.29) is 69.9 Å². The van der Waals surface area contributed by atoms with Crippen LogP contribution in [0.5, 0.6) is 0 Å². The molecule has 0 aromatic rings. The van der Waals surface area contributed by atoms with Crippen molar-refractivity contribution < 1.29 is 93.4 Å². The van der Waals surface area contributed by atoms with Crippen LogP contribution in [0.2, 0.25) is 0 Å². The summed E-state index contributed by atoms with van der Waals surface area (Å²) in [5, 5.41) is 0. The molecule has 3 saturated carbocycles. The molecule has 8 nitrogen and oxygen atoms in total. The van der Waals surface area contributed by atoms with E-state index in [1.807, 2.05) is 6.08 Å². The number of fused-ring (bicyclic) bond motifs is 5. The van der Waals surface area contributed by atoms with Crippen LogP contribution in [0.1, 0.15) is 65.2 Å². The quantitative estimate of drug-likeness (QED) is 0.171. The summed E-state index contributed by atoms with van der Waals surface area (Å²) in [6.45, 7) is 4.29. The van der Waals surface area contributed by atoms with Crippen molar-refractivity contribution in [3.05, 3.63) is 11.6 Å². The van der Waals surface area contributed by atoms with E-state index in [0.29, 0.717) is 30.6 Å². The van der Waals surface area contributed by atoms with Gasteiger partial charge in [-0.05, 0) is 80.0 Å². The molecule has 0 aromatic heterocycles. The fraction of sp³-hybridized carbons (Fsp3) is 0.895. The van der Waals surface area contributed by atoms with Crippen LogP contribution in [0.25, 0.3) is 0 Å². The van der Waals surface area contributed by atoms with E-state index in [2.05, 4.69) is 13.8 Å². The van der Waals surface area contributed by atoms with Gasteiger partial charge in [0.15, 0.2) is 0 Å². The maximum Gasteiger partial charge on any atom is 1.00 e. The molecule has 0 spiro atoms. The SMILES string of the molecule is C[C@]12CC[C@H]3[C@@H](CCC4=C[C@@H](OS(=O)(=O)[O-])CC[C@@]43C)[C@@H]1CC[C@@H]2OS(=O)(=O)[O-].[Na+].[Na+]. The van der Waals surface area contributed by atoms with Crippen molar-refractivity contribution in [2.24, 2.45) is 28.6 Å². The third-order valence-electron chi connectivity index (χ3n) is 8.46. The van der Waals surface area contributed by atoms with E-state index in [1.54, 1.807) is 0 Å². The third kappa shape index (κ3) is 5.67. The van der Waals surface area contributed by atoms with Gasteiger partial charge in [-0.15, -0.1) is 0 Å². The van der Waals surface area contributed by atoms with Crippen LogP contribution >= 0.6 is 0 Å². The summed E-state index contributed by atoms with van der Waals surface area (Å²) in [7, 11) is -9.45. The number of hydrogen-bond acceptors (Lipinski definition) is 8. The second-order valence-electron chi connectivity index (χ2n) is 9.72. The first-order valence-electron chi connectivity index (χ1n) is 10.3. The first-order chi connectivity index (χ1) is 13.3. The summed E-state index contributed by atoms with van der Waals surface area (Å²) in [6, 6.07) is 0. The van der Waals surface area contributed by atoms with Gasteiger partial charge < -0.3 is 9.11 Å². The van der Waals surface area contributed by atoms with Crippen LogP contribution in [-0.2, 0) is 29.2 Å². The van der Waals surface area contributed by atoms with Crippen molar-refractivity contribution in [1.82, 2.24) is 0 Å². The number of hydrogen-bond donors (Lipinski definition) is 0. The predicted molar refractivity (Wildman–Crippen MR) is 101 cm³/mol. The molecule has 0 unspecified atom stereocenters. The molecule has 166 valence electrons. The first kappa shape index (κ1) is 28.7. The molecule has 3 fully saturated rings. The Kier molecular flexibility index (Phi) is 9.13. The van der Waals surface area contributed by atoms with Crippen molar-refractivity contribution >= 4 is 20.8 Å². The Morgan fingerprint density at radius 2 is 1.52 bits per heavy atom. The van der Waals surface area contributed by atoms with Crippen molar-refractivity contribution in [2.75, 3.05) is 0 Å². The average Bonchev–Trinajstić information content (AvgIpc) is 2.89. The van der Waals surface area contributed by atoms with E-state index in [0.717, 1.165) is 38.5 Å². The van der Waals surface area contributed by atoms with E-state index >= 15 is 0 Å². The van der Waals surface area contributed by atoms with Gasteiger partial charge in [-0.25, -0.2) is 16.8 Å². The smallest absolute Gasteiger partial charge is 0.726 e. The average molecular weight is 495 g/mol. The molecule has 0 N–H and O–H groups in total. The molecule has 0 heterocycles. The molecule has 4 rings (SSSR count). The fourth-order valence-corrected chi connectivity index (χ4v) is 8.23. The van der Waals surface area contributed by atoms with Gasteiger partial charge in [0.1, 0.15) is 0 Å². The van der Waals surface area contributed by atoms with Crippen molar-refractivity contribution in [2.45, 2.75) is 77.4 Å². The summed E-state index contributed by atoms with van der Waals surface area (Å²) in [4.78, 5) is 0. The Morgan fingerprint density at radius 1 is 0.871 bits per heavy atom. The summed E-state index contributed by atoms with van der Waals surface area (Å²) >= 11 is 0. The van der Waals surface area contributed by atoms with Crippen LogP contribution in [0.3, 0.4) is 0 Å². The summed E-state index contributed by atoms with van der Waals surface area (Å²) in [5.41, 5.74) is 0.795. The van der Waals surface area contributed by atoms with Gasteiger partial charge in [-0.3, -0.25) is 8.37 Å². The van der Waals surface area contributed by atoms with Crippen molar-refractivity contribution in [3.63, 3.8) is 0 Å². The second-order valence-corrected chi connectivity index (χ2v) is 11.7. The minimum Gasteiger partial charge on any atom is -0.726 e. The Morgan fingerprint density at radius 3 is 2.13 bits per heavy atom. The van der Waals surface area contributed by atoms with Crippen LogP contribution in [-0.4, -0.2) is 38.1 Å². The maximum atomic E-state index is 11.2. The van der Waals surface area contributed by atoms with E-state index in [9.17, 15) is 25.9 Å². The van der Waals surface area contributed by atoms with Gasteiger partial charge >= 0.3 is 59.1 Å². The Balaban J connectivity index is 0.00000171. The Hall–Kier alpha value is 1.48. The fourth-order valence-electron chi connectivity index (χ4n) is 7.18. The summed E-state index contributed by atoms with van der Waals surface area (Å²) in [5.74, 6) is 1.13. The van der Waals surface area contributed by atoms with Crippen molar-refractivity contribution in [1.29, 1.82) is 0 Å². The van der Waals surface area contributed by atoms with E-state index < -0.39 is 33.0 Å². The standard InChI is InChI=1S/C19H30O8S2.2Na/c1-18-9-7-13(26-28(20,21)22)11-12(18)3-4-14-15-5-6-17(27-29(23,24)25)19(15,2)10-8-16(14)18;;/h11,13-17H,3-10H2,1-2H3,(H,20,21,22)(H,23,24,25);;/q;2*+1/p-2/t13-,14-,15-,16-,17-,18-,19-;;/m0../s1. The van der Waals surface area contributed by atoms with Gasteiger partial charge in [-0.2, -0.15) is 0 Å². The second kappa shape index (κ2) is 9.85. The van der Waals surface area contributed by atoms with Gasteiger partial charge in [0.2, 0.25) is 20.8 Å². The maximum absolute atomic E-state index is 11.2. The normalized spacial score (nSPS) is 42.2. The van der Waals surface area contributed by atoms with Gasteiger partial charge in [0.05, 0.1) is 12.2 Å². The molecule has 31 heavy (non-hydrogen) atoms. The zero-order valence-corrected chi connectivity index (χ0v) is 24.3. The van der Waals surface area contributed by atoms with Gasteiger partial charge in [0.25, 0.3) is 0 Å². The first-order valence-corrected chi connectivity index (χ1v) is 13.0. The largest absolute Gasteiger partial charge is 1.00 e. The van der Waals surface area contributed by atoms with Gasteiger partial charge in [-0.1, -0.05) is 25.5 Å². The Bertz CT molecular complexity index is 921. The topological polar surface area (TPSA) is 133 Å². The molecular formula is C19H28Na2O8S2. The minimum absolute atomic E-state index is 0. The molecule has 12 heteroatoms. The molecule has 0 radical (unpaired) electrons. The van der Waals surface area contributed by atoms with Crippen LogP contribution in [0, 0.1) is 28.6 Å². The molecule has 7 atom stereocenters. The van der Waals surface area contributed by atoms with E-state index in [1.165, 1.54) is 5.57 Å². The molecule has 0 aliphatic heterocycles.